The molecular formula is C26H46N4O4S4. The van der Waals surface area contributed by atoms with Crippen molar-refractivity contribution >= 4 is 68.8 Å². The van der Waals surface area contributed by atoms with Gasteiger partial charge < -0.3 is 23.8 Å². The molecule has 12 heteroatoms. The zero-order valence-corrected chi connectivity index (χ0v) is 27.2. The summed E-state index contributed by atoms with van der Waals surface area (Å²) in [5.74, 6) is 1.86. The maximum Gasteiger partial charge on any atom is 0.327 e. The molecule has 0 N–H and O–H groups in total. The zero-order chi connectivity index (χ0) is 28.7. The SMILES string of the molecule is CCN1CC(=O)N(CCC(C)(C)CC[S+]([O-])CC[S+]([O-])CCC(C)(C)CCN2C(=S)CN(CC)C2=S)C1=O. The maximum absolute atomic E-state index is 12.6. The Kier molecular flexibility index (Phi) is 13.1. The molecule has 8 nitrogen and oxygen atoms in total. The highest BCUT2D eigenvalue weighted by Crippen LogP contribution is 2.29. The maximum atomic E-state index is 12.6. The molecule has 0 aliphatic carbocycles. The zero-order valence-electron chi connectivity index (χ0n) is 24.0. The van der Waals surface area contributed by atoms with E-state index in [4.69, 9.17) is 24.4 Å². The average molecular weight is 607 g/mol. The van der Waals surface area contributed by atoms with Gasteiger partial charge in [-0.1, -0.05) is 39.9 Å². The Bertz CT molecular complexity index is 789. The first-order valence-electron chi connectivity index (χ1n) is 13.6. The van der Waals surface area contributed by atoms with E-state index in [1.807, 2.05) is 6.92 Å². The third-order valence-corrected chi connectivity index (χ3v) is 11.3. The van der Waals surface area contributed by atoms with Crippen LogP contribution in [0.15, 0.2) is 0 Å². The van der Waals surface area contributed by atoms with E-state index >= 15 is 0 Å². The number of thiocarbonyl (C=S) groups is 2. The lowest BCUT2D eigenvalue weighted by atomic mass is 9.86. The average Bonchev–Trinajstić information content (AvgIpc) is 3.30. The smallest absolute Gasteiger partial charge is 0.327 e. The van der Waals surface area contributed by atoms with Gasteiger partial charge in [-0.25, -0.2) is 4.79 Å². The van der Waals surface area contributed by atoms with Crippen LogP contribution in [-0.2, 0) is 27.1 Å². The fourth-order valence-corrected chi connectivity index (χ4v) is 8.61. The highest BCUT2D eigenvalue weighted by molar-refractivity contribution is 7.95. The normalized spacial score (nSPS) is 18.8. The number of hydrogen-bond donors (Lipinski definition) is 0. The van der Waals surface area contributed by atoms with Crippen LogP contribution in [0.3, 0.4) is 0 Å². The summed E-state index contributed by atoms with van der Waals surface area (Å²) in [4.78, 5) is 32.3. The van der Waals surface area contributed by atoms with E-state index in [1.54, 1.807) is 4.90 Å². The van der Waals surface area contributed by atoms with Crippen molar-refractivity contribution in [1.82, 2.24) is 19.6 Å². The molecule has 0 aromatic heterocycles. The minimum absolute atomic E-state index is 0.00988. The van der Waals surface area contributed by atoms with Crippen LogP contribution in [0.25, 0.3) is 0 Å². The van der Waals surface area contributed by atoms with Crippen LogP contribution in [0.1, 0.15) is 67.2 Å². The summed E-state index contributed by atoms with van der Waals surface area (Å²) in [5, 5.41) is 0.809. The van der Waals surface area contributed by atoms with Crippen LogP contribution in [0.2, 0.25) is 0 Å². The fourth-order valence-electron chi connectivity index (χ4n) is 4.37. The third-order valence-electron chi connectivity index (χ3n) is 7.60. The summed E-state index contributed by atoms with van der Waals surface area (Å²) >= 11 is 9.00. The van der Waals surface area contributed by atoms with Crippen LogP contribution < -0.4 is 0 Å². The quantitative estimate of drug-likeness (QED) is 0.141. The molecule has 3 amide bonds. The molecule has 2 saturated heterocycles. The number of carbonyl (C=O) groups is 2. The molecule has 218 valence electrons. The Morgan fingerprint density at radius 3 is 1.63 bits per heavy atom. The van der Waals surface area contributed by atoms with Gasteiger partial charge in [0.1, 0.15) is 34.5 Å². The van der Waals surface area contributed by atoms with E-state index in [-0.39, 0.29) is 29.3 Å². The number of urea groups is 1. The van der Waals surface area contributed by atoms with E-state index in [1.165, 1.54) is 4.90 Å². The minimum atomic E-state index is -1.04. The van der Waals surface area contributed by atoms with Crippen LogP contribution >= 0.6 is 24.4 Å². The number of imide groups is 1. The van der Waals surface area contributed by atoms with Gasteiger partial charge in [0.2, 0.25) is 5.91 Å². The predicted molar refractivity (Wildman–Crippen MR) is 165 cm³/mol. The second-order valence-corrected chi connectivity index (χ2v) is 15.9. The molecule has 38 heavy (non-hydrogen) atoms. The van der Waals surface area contributed by atoms with Crippen molar-refractivity contribution in [2.45, 2.75) is 67.2 Å². The van der Waals surface area contributed by atoms with E-state index in [0.29, 0.717) is 42.5 Å². The monoisotopic (exact) mass is 606 g/mol. The summed E-state index contributed by atoms with van der Waals surface area (Å²) < 4.78 is 25.3. The Balaban J connectivity index is 1.65. The lowest BCUT2D eigenvalue weighted by molar-refractivity contribution is -0.125. The van der Waals surface area contributed by atoms with Crippen LogP contribution in [0.4, 0.5) is 4.79 Å². The van der Waals surface area contributed by atoms with Crippen LogP contribution in [0.5, 0.6) is 0 Å². The van der Waals surface area contributed by atoms with Gasteiger partial charge in [-0.15, -0.1) is 0 Å². The molecule has 2 atom stereocenters. The molecule has 0 aromatic carbocycles. The molecule has 2 fully saturated rings. The molecule has 2 unspecified atom stereocenters. The predicted octanol–water partition coefficient (Wildman–Crippen LogP) is 3.63. The second-order valence-electron chi connectivity index (χ2n) is 11.7. The van der Waals surface area contributed by atoms with E-state index in [2.05, 4.69) is 44.4 Å². The van der Waals surface area contributed by atoms with Crippen molar-refractivity contribution in [1.29, 1.82) is 0 Å². The topological polar surface area (TPSA) is 93.2 Å². The van der Waals surface area contributed by atoms with Crippen LogP contribution in [0, 0.1) is 10.8 Å². The number of nitrogens with zero attached hydrogens (tertiary/aromatic N) is 4. The Morgan fingerprint density at radius 2 is 1.21 bits per heavy atom. The van der Waals surface area contributed by atoms with Gasteiger partial charge in [0.25, 0.3) is 0 Å². The number of rotatable bonds is 17. The molecular weight excluding hydrogens is 561 g/mol. The molecule has 2 rings (SSSR count). The molecule has 0 radical (unpaired) electrons. The molecule has 2 aliphatic rings. The Morgan fingerprint density at radius 1 is 0.737 bits per heavy atom. The van der Waals surface area contributed by atoms with Crippen molar-refractivity contribution in [3.63, 3.8) is 0 Å². The minimum Gasteiger partial charge on any atom is -0.616 e. The lowest BCUT2D eigenvalue weighted by Crippen LogP contribution is -2.36. The molecule has 0 saturated carbocycles. The Hall–Kier alpha value is -0.660. The number of hydrogen-bond acceptors (Lipinski definition) is 6. The van der Waals surface area contributed by atoms with E-state index in [9.17, 15) is 18.7 Å². The first kappa shape index (κ1) is 33.5. The van der Waals surface area contributed by atoms with Gasteiger partial charge in [0.15, 0.2) is 5.11 Å². The van der Waals surface area contributed by atoms with Crippen molar-refractivity contribution in [3.05, 3.63) is 0 Å². The van der Waals surface area contributed by atoms with Gasteiger partial charge in [-0.3, -0.25) is 9.69 Å². The van der Waals surface area contributed by atoms with Crippen molar-refractivity contribution < 1.29 is 18.7 Å². The first-order chi connectivity index (χ1) is 17.7. The summed E-state index contributed by atoms with van der Waals surface area (Å²) in [6.07, 6.45) is 3.13. The summed E-state index contributed by atoms with van der Waals surface area (Å²) in [7, 11) is 0. The third kappa shape index (κ3) is 10.1. The van der Waals surface area contributed by atoms with Gasteiger partial charge in [0.05, 0.1) is 6.54 Å². The largest absolute Gasteiger partial charge is 0.616 e. The van der Waals surface area contributed by atoms with Crippen molar-refractivity contribution in [3.8, 4) is 0 Å². The summed E-state index contributed by atoms with van der Waals surface area (Å²) in [5.41, 5.74) is -0.136. The summed E-state index contributed by atoms with van der Waals surface area (Å²) in [6, 6.07) is -0.214. The van der Waals surface area contributed by atoms with Crippen molar-refractivity contribution in [2.75, 3.05) is 62.3 Å². The van der Waals surface area contributed by atoms with Gasteiger partial charge in [0, 0.05) is 26.2 Å². The van der Waals surface area contributed by atoms with E-state index < -0.39 is 22.4 Å². The van der Waals surface area contributed by atoms with Crippen molar-refractivity contribution in [2.24, 2.45) is 10.8 Å². The first-order valence-corrected chi connectivity index (χ1v) is 17.4. The number of likely N-dealkylation sites (N-methyl/N-ethyl adjacent to an activating group) is 2. The molecule has 2 heterocycles. The molecule has 2 aliphatic heterocycles. The van der Waals surface area contributed by atoms with Gasteiger partial charge >= 0.3 is 6.03 Å². The number of amides is 3. The van der Waals surface area contributed by atoms with Gasteiger partial charge in [-0.05, 0) is 84.9 Å². The highest BCUT2D eigenvalue weighted by atomic mass is 32.2. The highest BCUT2D eigenvalue weighted by Gasteiger charge is 2.36. The fraction of sp³-hybridized carbons (Fsp3) is 0.846. The van der Waals surface area contributed by atoms with Gasteiger partial charge in [-0.2, -0.15) is 0 Å². The second kappa shape index (κ2) is 14.8. The molecule has 0 spiro atoms. The standard InChI is InChI=1S/C26H46N4O4S4/c1-7-27-19-21(31)29(23(27)32)13-9-25(3,4)11-15-37(33)17-18-38(34)16-12-26(5,6)10-14-30-22(35)20-28(8-2)24(30)36/h7-20H2,1-6H3. The Labute approximate surface area is 246 Å². The lowest BCUT2D eigenvalue weighted by Gasteiger charge is -2.29. The molecule has 0 aromatic rings. The van der Waals surface area contributed by atoms with E-state index in [0.717, 1.165) is 49.0 Å². The number of carbonyl (C=O) groups excluding carboxylic acids is 2. The molecule has 0 bridgehead atoms. The summed E-state index contributed by atoms with van der Waals surface area (Å²) in [6.45, 7) is 15.9. The van der Waals surface area contributed by atoms with Crippen LogP contribution in [-0.4, -0.2) is 113 Å².